The standard InChI is InChI=1S/C11H22NO2.CHF3O3S/c1-6-12(5,7-2)8-9-14-11(13)10(3)4;2-1(3,4)8(5,6)7/h3,6-9H2,1-2,4-5H3;(H,5,6,7)/q+1;/p-1. The maximum Gasteiger partial charge on any atom is 0.485 e. The van der Waals surface area contributed by atoms with Crippen molar-refractivity contribution < 1.29 is 40.2 Å². The summed E-state index contributed by atoms with van der Waals surface area (Å²) in [5.74, 6) is -0.288. The van der Waals surface area contributed by atoms with Crippen LogP contribution in [-0.2, 0) is 19.6 Å². The first kappa shape index (κ1) is 23.1. The number of rotatable bonds is 6. The Morgan fingerprint density at radius 3 is 1.86 bits per heavy atom. The van der Waals surface area contributed by atoms with Crippen LogP contribution in [0.15, 0.2) is 12.2 Å². The lowest BCUT2D eigenvalue weighted by atomic mass is 10.3. The zero-order chi connectivity index (χ0) is 18.2. The highest BCUT2D eigenvalue weighted by Gasteiger charge is 2.36. The van der Waals surface area contributed by atoms with Gasteiger partial charge in [-0.1, -0.05) is 6.58 Å². The summed E-state index contributed by atoms with van der Waals surface area (Å²) in [7, 11) is -3.93. The van der Waals surface area contributed by atoms with E-state index in [1.54, 1.807) is 6.92 Å². The Morgan fingerprint density at radius 1 is 1.27 bits per heavy atom. The predicted octanol–water partition coefficient (Wildman–Crippen LogP) is 1.64. The molecule has 0 aliphatic carbocycles. The van der Waals surface area contributed by atoms with E-state index in [0.717, 1.165) is 24.1 Å². The molecule has 0 aliphatic heterocycles. The molecule has 0 heterocycles. The fourth-order valence-electron chi connectivity index (χ4n) is 1.02. The van der Waals surface area contributed by atoms with E-state index in [-0.39, 0.29) is 5.97 Å². The molecule has 0 atom stereocenters. The van der Waals surface area contributed by atoms with Crippen molar-refractivity contribution in [2.45, 2.75) is 26.3 Å². The van der Waals surface area contributed by atoms with Crippen molar-refractivity contribution in [2.24, 2.45) is 0 Å². The molecule has 6 nitrogen and oxygen atoms in total. The first-order chi connectivity index (χ1) is 9.70. The second-order valence-corrected chi connectivity index (χ2v) is 6.16. The molecular weight excluding hydrogens is 327 g/mol. The molecule has 0 aromatic rings. The maximum atomic E-state index is 11.1. The van der Waals surface area contributed by atoms with E-state index in [1.807, 2.05) is 0 Å². The summed E-state index contributed by atoms with van der Waals surface area (Å²) >= 11 is 0. The molecule has 0 radical (unpaired) electrons. The third kappa shape index (κ3) is 9.74. The molecule has 0 unspecified atom stereocenters. The SMILES string of the molecule is C=C(C)C(=O)OCC[N+](C)(CC)CC.O=S(=O)([O-])C(F)(F)F. The average molecular weight is 349 g/mol. The van der Waals surface area contributed by atoms with Crippen molar-refractivity contribution in [1.29, 1.82) is 0 Å². The number of hydrogen-bond acceptors (Lipinski definition) is 5. The van der Waals surface area contributed by atoms with E-state index in [2.05, 4.69) is 27.5 Å². The molecule has 0 aromatic carbocycles. The second-order valence-electron chi connectivity index (χ2n) is 4.79. The molecule has 0 spiro atoms. The van der Waals surface area contributed by atoms with Gasteiger partial charge in [0, 0.05) is 5.57 Å². The van der Waals surface area contributed by atoms with Crippen LogP contribution in [0.1, 0.15) is 20.8 Å². The highest BCUT2D eigenvalue weighted by atomic mass is 32.2. The quantitative estimate of drug-likeness (QED) is 0.239. The summed E-state index contributed by atoms with van der Waals surface area (Å²) in [6.07, 6.45) is 0. The van der Waals surface area contributed by atoms with Gasteiger partial charge in [0.1, 0.15) is 13.2 Å². The lowest BCUT2D eigenvalue weighted by Crippen LogP contribution is -2.46. The third-order valence-corrected chi connectivity index (χ3v) is 3.59. The minimum Gasteiger partial charge on any atom is -0.741 e. The number of esters is 1. The lowest BCUT2D eigenvalue weighted by Gasteiger charge is -2.31. The summed E-state index contributed by atoms with van der Waals surface area (Å²) < 4.78 is 64.9. The van der Waals surface area contributed by atoms with E-state index in [0.29, 0.717) is 12.2 Å². The number of hydrogen-bond donors (Lipinski definition) is 0. The van der Waals surface area contributed by atoms with Crippen LogP contribution < -0.4 is 0 Å². The smallest absolute Gasteiger partial charge is 0.485 e. The Morgan fingerprint density at radius 2 is 1.64 bits per heavy atom. The van der Waals surface area contributed by atoms with E-state index >= 15 is 0 Å². The molecule has 0 fully saturated rings. The van der Waals surface area contributed by atoms with Crippen molar-refractivity contribution in [3.05, 3.63) is 12.2 Å². The number of likely N-dealkylation sites (N-methyl/N-ethyl adjacent to an activating group) is 1. The predicted molar refractivity (Wildman–Crippen MR) is 73.7 cm³/mol. The van der Waals surface area contributed by atoms with Crippen molar-refractivity contribution in [2.75, 3.05) is 33.3 Å². The molecule has 0 aromatic heterocycles. The largest absolute Gasteiger partial charge is 0.741 e. The van der Waals surface area contributed by atoms with Gasteiger partial charge in [-0.3, -0.25) is 0 Å². The fraction of sp³-hybridized carbons (Fsp3) is 0.750. The molecule has 0 N–H and O–H groups in total. The van der Waals surface area contributed by atoms with Crippen molar-refractivity contribution in [1.82, 2.24) is 0 Å². The van der Waals surface area contributed by atoms with Gasteiger partial charge in [0.15, 0.2) is 10.1 Å². The summed E-state index contributed by atoms with van der Waals surface area (Å²) in [4.78, 5) is 11.1. The van der Waals surface area contributed by atoms with Crippen LogP contribution in [-0.4, -0.2) is 62.2 Å². The number of ether oxygens (including phenoxy) is 1. The molecule has 132 valence electrons. The molecule has 0 aliphatic rings. The molecule has 0 saturated carbocycles. The molecule has 22 heavy (non-hydrogen) atoms. The summed E-state index contributed by atoms with van der Waals surface area (Å²) in [6, 6.07) is 0. The highest BCUT2D eigenvalue weighted by Crippen LogP contribution is 2.20. The fourth-order valence-corrected chi connectivity index (χ4v) is 1.02. The molecular formula is C12H22F3NO5S. The molecule has 0 saturated heterocycles. The summed E-state index contributed by atoms with van der Waals surface area (Å²) in [6.45, 7) is 12.9. The van der Waals surface area contributed by atoms with Gasteiger partial charge >= 0.3 is 11.5 Å². The molecule has 0 bridgehead atoms. The molecule has 0 rings (SSSR count). The van der Waals surface area contributed by atoms with Crippen molar-refractivity contribution >= 4 is 16.1 Å². The summed E-state index contributed by atoms with van der Waals surface area (Å²) in [5.41, 5.74) is -5.18. The Hall–Kier alpha value is -1.13. The number of nitrogens with zero attached hydrogens (tertiary/aromatic N) is 1. The first-order valence-corrected chi connectivity index (χ1v) is 7.79. The summed E-state index contributed by atoms with van der Waals surface area (Å²) in [5, 5.41) is 0. The van der Waals surface area contributed by atoms with Gasteiger partial charge in [0.05, 0.1) is 20.1 Å². The number of halogens is 3. The first-order valence-electron chi connectivity index (χ1n) is 6.38. The highest BCUT2D eigenvalue weighted by molar-refractivity contribution is 7.86. The van der Waals surface area contributed by atoms with E-state index in [1.165, 1.54) is 0 Å². The maximum absolute atomic E-state index is 11.1. The topological polar surface area (TPSA) is 83.5 Å². The minimum atomic E-state index is -6.09. The van der Waals surface area contributed by atoms with Crippen LogP contribution in [0.4, 0.5) is 13.2 Å². The van der Waals surface area contributed by atoms with Gasteiger partial charge < -0.3 is 13.8 Å². The normalized spacial score (nSPS) is 12.2. The van der Waals surface area contributed by atoms with Crippen LogP contribution in [0.5, 0.6) is 0 Å². The Kier molecular flexibility index (Phi) is 9.58. The number of quaternary nitrogens is 1. The van der Waals surface area contributed by atoms with Gasteiger partial charge in [0.2, 0.25) is 0 Å². The van der Waals surface area contributed by atoms with Crippen molar-refractivity contribution in [3.8, 4) is 0 Å². The zero-order valence-electron chi connectivity index (χ0n) is 13.1. The van der Waals surface area contributed by atoms with Crippen molar-refractivity contribution in [3.63, 3.8) is 0 Å². The van der Waals surface area contributed by atoms with Gasteiger partial charge in [0.25, 0.3) is 0 Å². The van der Waals surface area contributed by atoms with Gasteiger partial charge in [-0.05, 0) is 20.8 Å². The van der Waals surface area contributed by atoms with Gasteiger partial charge in [-0.2, -0.15) is 13.2 Å². The molecule has 0 amide bonds. The van der Waals surface area contributed by atoms with E-state index < -0.39 is 15.6 Å². The minimum absolute atomic E-state index is 0.288. The van der Waals surface area contributed by atoms with Crippen LogP contribution in [0.2, 0.25) is 0 Å². The van der Waals surface area contributed by atoms with Crippen LogP contribution in [0, 0.1) is 0 Å². The number of alkyl halides is 3. The number of carbonyl (C=O) groups excluding carboxylic acids is 1. The zero-order valence-corrected chi connectivity index (χ0v) is 13.9. The second kappa shape index (κ2) is 9.11. The molecule has 10 heteroatoms. The lowest BCUT2D eigenvalue weighted by molar-refractivity contribution is -0.906. The Bertz CT molecular complexity index is 470. The average Bonchev–Trinajstić information content (AvgIpc) is 2.36. The number of carbonyl (C=O) groups is 1. The third-order valence-electron chi connectivity index (χ3n) is 3.02. The van der Waals surface area contributed by atoms with E-state index in [9.17, 15) is 18.0 Å². The van der Waals surface area contributed by atoms with Gasteiger partial charge in [-0.25, -0.2) is 13.2 Å². The van der Waals surface area contributed by atoms with Crippen LogP contribution >= 0.6 is 0 Å². The van der Waals surface area contributed by atoms with E-state index in [4.69, 9.17) is 17.7 Å². The van der Waals surface area contributed by atoms with Crippen LogP contribution in [0.3, 0.4) is 0 Å². The van der Waals surface area contributed by atoms with Crippen LogP contribution in [0.25, 0.3) is 0 Å². The monoisotopic (exact) mass is 349 g/mol. The van der Waals surface area contributed by atoms with Gasteiger partial charge in [-0.15, -0.1) is 0 Å². The Labute approximate surface area is 128 Å². The Balaban J connectivity index is 0.